The van der Waals surface area contributed by atoms with Crippen LogP contribution >= 0.6 is 0 Å². The molecule has 0 spiro atoms. The molecule has 0 unspecified atom stereocenters. The Bertz CT molecular complexity index is 3350. The summed E-state index contributed by atoms with van der Waals surface area (Å²) < 4.78 is 0. The van der Waals surface area contributed by atoms with E-state index >= 15 is 0 Å². The van der Waals surface area contributed by atoms with Gasteiger partial charge in [-0.05, 0) is 95.1 Å². The standard InChI is InChI=1S/C64H98N18O19/c1-31(2)50(62(98)71-34(6)53(89)72-35(7)64(100)101)82-57(93)40(17-18-49(86)87)74-58(94)44(25-36-13-9-8-10-14-36)78-56(92)43(21-24-67)75-55(91)42(20-23-66)76-61(97)47(30-84)80-59(95)45(26-37-27-69-39-16-12-11-15-38(37)39)79-60(96)46(29-83)73-48(85)28-70-54(90)41(19-22-65)77-63(99)51(32(3)4)81-52(88)33(5)68/h8-16,27,31-35,40-47,50-51,69,83-84H,17-26,28-30,65-68H2,1-7H3,(H,70,90)(H,71,98)(H,72,89)(H,73,85)(H,74,94)(H,75,91)(H,76,97)(H,77,99)(H,78,92)(H,79,96)(H,80,95)(H,81,88)(H,82,93)(H,86,87)(H,100,101)/t33-,34+,35-,40-,41+,42-,43+,44-,45+,46+,47-,50-,51+/m0/s1. The van der Waals surface area contributed by atoms with Crippen molar-refractivity contribution in [3.8, 4) is 0 Å². The van der Waals surface area contributed by atoms with Gasteiger partial charge in [-0.15, -0.1) is 0 Å². The molecular formula is C64H98N18O19. The Morgan fingerprint density at radius 1 is 0.416 bits per heavy atom. The minimum absolute atomic E-state index is 0.0971. The zero-order chi connectivity index (χ0) is 75.8. The number of aliphatic hydroxyl groups is 2. The molecule has 0 saturated carbocycles. The van der Waals surface area contributed by atoms with Gasteiger partial charge < -0.3 is 117 Å². The van der Waals surface area contributed by atoms with Gasteiger partial charge in [0.1, 0.15) is 72.5 Å². The highest BCUT2D eigenvalue weighted by Crippen LogP contribution is 2.20. The molecule has 0 bridgehead atoms. The second kappa shape index (κ2) is 42.7. The Hall–Kier alpha value is -10.2. The van der Waals surface area contributed by atoms with Crippen LogP contribution in [0, 0.1) is 11.8 Å². The third kappa shape index (κ3) is 28.2. The Labute approximate surface area is 582 Å². The SMILES string of the molecule is CC(C)[C@H](NC(=O)[C@H](CCC(=O)O)NC(=O)[C@H](Cc1ccccc1)NC(=O)[C@@H](CCN)NC(=O)[C@H](CCN)NC(=O)[C@H](CO)NC(=O)[C@@H](Cc1c[nH]c2ccccc12)NC(=O)[C@@H](CO)NC(=O)CNC(=O)[C@@H](CCN)NC(=O)[C@H](NC(=O)[C@H](C)N)C(C)C)C(=O)N[C@H](C)C(=O)N[C@@H](C)C(=O)O. The molecule has 37 nitrogen and oxygen atoms in total. The number of rotatable bonds is 44. The molecule has 558 valence electrons. The molecule has 13 amide bonds. The van der Waals surface area contributed by atoms with Gasteiger partial charge in [0, 0.05) is 36.4 Å². The van der Waals surface area contributed by atoms with Gasteiger partial charge in [0.05, 0.1) is 25.8 Å². The quantitative estimate of drug-likeness (QED) is 0.0250. The number of benzene rings is 2. The number of carbonyl (C=O) groups is 15. The fourth-order valence-corrected chi connectivity index (χ4v) is 9.83. The number of carbonyl (C=O) groups excluding carboxylic acids is 13. The summed E-state index contributed by atoms with van der Waals surface area (Å²) in [5, 5.41) is 71.7. The minimum Gasteiger partial charge on any atom is -0.481 e. The van der Waals surface area contributed by atoms with E-state index in [9.17, 15) is 92.3 Å². The molecule has 0 aliphatic rings. The second-order valence-corrected chi connectivity index (χ2v) is 24.6. The molecule has 3 rings (SSSR count). The smallest absolute Gasteiger partial charge is 0.325 e. The van der Waals surface area contributed by atoms with Crippen molar-refractivity contribution in [3.63, 3.8) is 0 Å². The van der Waals surface area contributed by atoms with E-state index in [2.05, 4.69) is 74.1 Å². The number of hydrogen-bond donors (Lipinski definition) is 22. The highest BCUT2D eigenvalue weighted by atomic mass is 16.4. The number of hydrogen-bond acceptors (Lipinski definition) is 21. The van der Waals surface area contributed by atoms with E-state index < -0.39 is 212 Å². The Morgan fingerprint density at radius 2 is 0.812 bits per heavy atom. The molecule has 3 aromatic rings. The maximum Gasteiger partial charge on any atom is 0.325 e. The molecule has 1 aromatic heterocycles. The second-order valence-electron chi connectivity index (χ2n) is 24.6. The van der Waals surface area contributed by atoms with Crippen molar-refractivity contribution in [2.45, 2.75) is 172 Å². The first kappa shape index (κ1) is 85.0. The highest BCUT2D eigenvalue weighted by molar-refractivity contribution is 6.00. The van der Waals surface area contributed by atoms with Crippen LogP contribution in [-0.4, -0.2) is 232 Å². The van der Waals surface area contributed by atoms with Crippen molar-refractivity contribution in [2.24, 2.45) is 34.8 Å². The van der Waals surface area contributed by atoms with Crippen LogP contribution in [-0.2, 0) is 84.8 Å². The van der Waals surface area contributed by atoms with E-state index in [1.807, 2.05) is 0 Å². The summed E-state index contributed by atoms with van der Waals surface area (Å²) in [5.74, 6) is -16.4. The number of aliphatic hydroxyl groups excluding tert-OH is 2. The molecule has 37 heteroatoms. The Morgan fingerprint density at radius 3 is 1.30 bits per heavy atom. The summed E-state index contributed by atoms with van der Waals surface area (Å²) in [6.45, 7) is 6.64. The lowest BCUT2D eigenvalue weighted by molar-refractivity contribution is -0.142. The molecule has 1 heterocycles. The third-order valence-electron chi connectivity index (χ3n) is 15.7. The van der Waals surface area contributed by atoms with E-state index in [0.717, 1.165) is 0 Å². The molecule has 0 aliphatic carbocycles. The number of nitrogens with one attached hydrogen (secondary N) is 14. The first-order valence-corrected chi connectivity index (χ1v) is 32.7. The molecule has 26 N–H and O–H groups in total. The number of aromatic nitrogens is 1. The van der Waals surface area contributed by atoms with E-state index in [4.69, 9.17) is 22.9 Å². The summed E-state index contributed by atoms with van der Waals surface area (Å²) in [4.78, 5) is 204. The van der Waals surface area contributed by atoms with E-state index in [1.165, 1.54) is 40.8 Å². The fraction of sp³-hybridized carbons (Fsp3) is 0.547. The minimum atomic E-state index is -1.87. The lowest BCUT2D eigenvalue weighted by atomic mass is 10.0. The van der Waals surface area contributed by atoms with Crippen LogP contribution in [0.3, 0.4) is 0 Å². The number of carboxylic acids is 2. The first-order valence-electron chi connectivity index (χ1n) is 32.7. The van der Waals surface area contributed by atoms with Gasteiger partial charge in [0.25, 0.3) is 0 Å². The topological polar surface area (TPSA) is 613 Å². The van der Waals surface area contributed by atoms with Crippen molar-refractivity contribution in [3.05, 3.63) is 71.9 Å². The number of para-hydroxylation sites is 1. The monoisotopic (exact) mass is 1420 g/mol. The van der Waals surface area contributed by atoms with E-state index in [1.54, 1.807) is 68.4 Å². The van der Waals surface area contributed by atoms with Crippen molar-refractivity contribution in [1.82, 2.24) is 74.1 Å². The number of fused-ring (bicyclic) bond motifs is 1. The number of amides is 13. The van der Waals surface area contributed by atoms with Crippen LogP contribution < -0.4 is 92.1 Å². The molecule has 0 radical (unpaired) electrons. The van der Waals surface area contributed by atoms with Crippen LogP contribution in [0.1, 0.15) is 91.7 Å². The Kier molecular flexibility index (Phi) is 35.9. The summed E-state index contributed by atoms with van der Waals surface area (Å²) >= 11 is 0. The largest absolute Gasteiger partial charge is 0.481 e. The predicted octanol–water partition coefficient (Wildman–Crippen LogP) is -7.43. The molecular weight excluding hydrogens is 1320 g/mol. The first-order chi connectivity index (χ1) is 47.7. The van der Waals surface area contributed by atoms with Crippen LogP contribution in [0.15, 0.2) is 60.8 Å². The number of aromatic amines is 1. The highest BCUT2D eigenvalue weighted by Gasteiger charge is 2.37. The summed E-state index contributed by atoms with van der Waals surface area (Å²) in [6, 6.07) is -4.11. The zero-order valence-electron chi connectivity index (χ0n) is 57.3. The number of H-pyrrole nitrogens is 1. The normalized spacial score (nSPS) is 15.0. The molecule has 101 heavy (non-hydrogen) atoms. The van der Waals surface area contributed by atoms with Gasteiger partial charge >= 0.3 is 11.9 Å². The van der Waals surface area contributed by atoms with Crippen LogP contribution in [0.2, 0.25) is 0 Å². The van der Waals surface area contributed by atoms with Gasteiger partial charge in [-0.2, -0.15) is 0 Å². The molecule has 0 saturated heterocycles. The van der Waals surface area contributed by atoms with Crippen LogP contribution in [0.4, 0.5) is 0 Å². The van der Waals surface area contributed by atoms with Gasteiger partial charge in [0.2, 0.25) is 76.8 Å². The summed E-state index contributed by atoms with van der Waals surface area (Å²) in [7, 11) is 0. The zero-order valence-corrected chi connectivity index (χ0v) is 57.3. The average molecular weight is 1420 g/mol. The average Bonchev–Trinajstić information content (AvgIpc) is 1.72. The van der Waals surface area contributed by atoms with E-state index in [0.29, 0.717) is 22.0 Å². The fourth-order valence-electron chi connectivity index (χ4n) is 9.83. The van der Waals surface area contributed by atoms with E-state index in [-0.39, 0.29) is 51.7 Å². The number of nitrogens with two attached hydrogens (primary N) is 4. The van der Waals surface area contributed by atoms with Crippen molar-refractivity contribution in [1.29, 1.82) is 0 Å². The van der Waals surface area contributed by atoms with Gasteiger partial charge in [0.15, 0.2) is 0 Å². The third-order valence-corrected chi connectivity index (χ3v) is 15.7. The van der Waals surface area contributed by atoms with Gasteiger partial charge in [-0.3, -0.25) is 71.9 Å². The molecule has 0 aliphatic heterocycles. The summed E-state index contributed by atoms with van der Waals surface area (Å²) in [6.07, 6.45) is -0.990. The lowest BCUT2D eigenvalue weighted by Gasteiger charge is -2.28. The van der Waals surface area contributed by atoms with Crippen molar-refractivity contribution in [2.75, 3.05) is 39.4 Å². The molecule has 2 aromatic carbocycles. The predicted molar refractivity (Wildman–Crippen MR) is 363 cm³/mol. The lowest BCUT2D eigenvalue weighted by Crippen LogP contribution is -2.62. The van der Waals surface area contributed by atoms with Crippen LogP contribution in [0.5, 0.6) is 0 Å². The maximum atomic E-state index is 14.4. The van der Waals surface area contributed by atoms with Crippen molar-refractivity contribution >= 4 is 99.6 Å². The molecule has 0 fully saturated rings. The van der Waals surface area contributed by atoms with Gasteiger partial charge in [-0.25, -0.2) is 0 Å². The number of carboxylic acid groups (broad SMARTS) is 2. The van der Waals surface area contributed by atoms with Gasteiger partial charge in [-0.1, -0.05) is 76.2 Å². The van der Waals surface area contributed by atoms with Crippen molar-refractivity contribution < 1.29 is 92.3 Å². The summed E-state index contributed by atoms with van der Waals surface area (Å²) in [5.41, 5.74) is 24.7. The maximum absolute atomic E-state index is 14.4. The Balaban J connectivity index is 1.85. The van der Waals surface area contributed by atoms with Crippen LogP contribution in [0.25, 0.3) is 10.9 Å². The number of aliphatic carboxylic acids is 2. The molecule has 13 atom stereocenters.